The monoisotopic (exact) mass is 495 g/mol. The Morgan fingerprint density at radius 3 is 2.63 bits per heavy atom. The van der Waals surface area contributed by atoms with E-state index in [1.165, 1.54) is 16.2 Å². The zero-order chi connectivity index (χ0) is 24.8. The second-order valence-corrected chi connectivity index (χ2v) is 8.42. The van der Waals surface area contributed by atoms with E-state index >= 15 is 0 Å². The highest BCUT2D eigenvalue weighted by atomic mass is 35.5. The molecular formula is C26H26ClN3O5. The largest absolute Gasteiger partial charge is 0.497 e. The van der Waals surface area contributed by atoms with Gasteiger partial charge in [0.15, 0.2) is 5.76 Å². The number of furan rings is 1. The van der Waals surface area contributed by atoms with Crippen molar-refractivity contribution in [1.82, 2.24) is 9.91 Å². The van der Waals surface area contributed by atoms with Crippen LogP contribution in [-0.2, 0) is 9.53 Å². The van der Waals surface area contributed by atoms with E-state index < -0.39 is 0 Å². The van der Waals surface area contributed by atoms with Crippen LogP contribution in [0.2, 0.25) is 5.02 Å². The molecule has 1 aliphatic rings. The predicted octanol–water partition coefficient (Wildman–Crippen LogP) is 4.41. The average Bonchev–Trinajstić information content (AvgIpc) is 3.57. The Labute approximate surface area is 208 Å². The van der Waals surface area contributed by atoms with Crippen molar-refractivity contribution >= 4 is 29.1 Å². The average molecular weight is 496 g/mol. The van der Waals surface area contributed by atoms with E-state index in [0.29, 0.717) is 17.2 Å². The summed E-state index contributed by atoms with van der Waals surface area (Å²) in [4.78, 5) is 27.9. The molecule has 0 saturated heterocycles. The maximum absolute atomic E-state index is 13.5. The molecule has 1 unspecified atom stereocenters. The van der Waals surface area contributed by atoms with Crippen molar-refractivity contribution in [2.45, 2.75) is 12.5 Å². The van der Waals surface area contributed by atoms with E-state index in [4.69, 9.17) is 25.5 Å². The van der Waals surface area contributed by atoms with E-state index in [-0.39, 0.29) is 43.3 Å². The lowest BCUT2D eigenvalue weighted by atomic mass is 9.98. The third kappa shape index (κ3) is 5.72. The number of rotatable bonds is 9. The maximum atomic E-state index is 13.5. The van der Waals surface area contributed by atoms with Gasteiger partial charge in [-0.3, -0.25) is 9.59 Å². The van der Waals surface area contributed by atoms with E-state index in [9.17, 15) is 9.59 Å². The minimum atomic E-state index is -0.389. The fourth-order valence-electron chi connectivity index (χ4n) is 3.91. The number of methoxy groups -OCH3 is 2. The van der Waals surface area contributed by atoms with Crippen molar-refractivity contribution in [3.05, 3.63) is 88.8 Å². The molecule has 9 heteroatoms. The number of hydrazone groups is 1. The highest BCUT2D eigenvalue weighted by molar-refractivity contribution is 6.30. The van der Waals surface area contributed by atoms with E-state index in [1.807, 2.05) is 36.4 Å². The summed E-state index contributed by atoms with van der Waals surface area (Å²) >= 11 is 6.09. The van der Waals surface area contributed by atoms with Gasteiger partial charge >= 0.3 is 0 Å². The van der Waals surface area contributed by atoms with Crippen LogP contribution in [0.3, 0.4) is 0 Å². The Bertz CT molecular complexity index is 1190. The molecule has 0 saturated carbocycles. The SMILES string of the molecule is COCCN(CC(=O)N1N=C(c2cccc(OC)c2)CC1c1ccc(Cl)cc1)C(=O)c1ccco1. The summed E-state index contributed by atoms with van der Waals surface area (Å²) in [5.74, 6) is 0.149. The Hall–Kier alpha value is -3.62. The molecule has 0 radical (unpaired) electrons. The number of carbonyl (C=O) groups excluding carboxylic acids is 2. The summed E-state index contributed by atoms with van der Waals surface area (Å²) < 4.78 is 15.7. The molecule has 0 fully saturated rings. The highest BCUT2D eigenvalue weighted by Crippen LogP contribution is 2.34. The van der Waals surface area contributed by atoms with Crippen LogP contribution < -0.4 is 4.74 Å². The van der Waals surface area contributed by atoms with Crippen molar-refractivity contribution < 1.29 is 23.5 Å². The molecule has 0 bridgehead atoms. The van der Waals surface area contributed by atoms with E-state index in [0.717, 1.165) is 16.8 Å². The molecule has 35 heavy (non-hydrogen) atoms. The molecule has 8 nitrogen and oxygen atoms in total. The van der Waals surface area contributed by atoms with Crippen LogP contribution in [0.15, 0.2) is 76.4 Å². The molecule has 0 spiro atoms. The number of benzene rings is 2. The lowest BCUT2D eigenvalue weighted by Gasteiger charge is -2.26. The Morgan fingerprint density at radius 2 is 1.94 bits per heavy atom. The van der Waals surface area contributed by atoms with Crippen LogP contribution in [0.4, 0.5) is 0 Å². The molecule has 182 valence electrons. The third-order valence-electron chi connectivity index (χ3n) is 5.73. The molecular weight excluding hydrogens is 470 g/mol. The van der Waals surface area contributed by atoms with Gasteiger partial charge in [-0.05, 0) is 42.0 Å². The van der Waals surface area contributed by atoms with Crippen LogP contribution in [0, 0.1) is 0 Å². The highest BCUT2D eigenvalue weighted by Gasteiger charge is 2.35. The first-order chi connectivity index (χ1) is 17.0. The molecule has 1 atom stereocenters. The van der Waals surface area contributed by atoms with Gasteiger partial charge in [0, 0.05) is 30.7 Å². The van der Waals surface area contributed by atoms with Gasteiger partial charge in [0.2, 0.25) is 0 Å². The standard InChI is InChI=1S/C26H26ClN3O5/c1-33-14-12-29(26(32)24-7-4-13-35-24)17-25(31)30-23(18-8-10-20(27)11-9-18)16-22(28-30)19-5-3-6-21(15-19)34-2/h3-11,13,15,23H,12,14,16-17H2,1-2H3. The lowest BCUT2D eigenvalue weighted by Crippen LogP contribution is -2.42. The Kier molecular flexibility index (Phi) is 7.84. The molecule has 3 aromatic rings. The summed E-state index contributed by atoms with van der Waals surface area (Å²) in [6.45, 7) is 0.328. The first kappa shape index (κ1) is 24.5. The number of halogens is 1. The smallest absolute Gasteiger partial charge is 0.290 e. The van der Waals surface area contributed by atoms with Crippen LogP contribution in [0.25, 0.3) is 0 Å². The fraction of sp³-hybridized carbons (Fsp3) is 0.269. The van der Waals surface area contributed by atoms with Gasteiger partial charge in [0.05, 0.1) is 31.7 Å². The fourth-order valence-corrected chi connectivity index (χ4v) is 4.03. The number of carbonyl (C=O) groups is 2. The van der Waals surface area contributed by atoms with Crippen molar-refractivity contribution in [1.29, 1.82) is 0 Å². The molecule has 1 aromatic heterocycles. The van der Waals surface area contributed by atoms with Gasteiger partial charge in [-0.1, -0.05) is 35.9 Å². The number of amides is 2. The van der Waals surface area contributed by atoms with Gasteiger partial charge in [-0.2, -0.15) is 5.10 Å². The minimum Gasteiger partial charge on any atom is -0.497 e. The van der Waals surface area contributed by atoms with Crippen LogP contribution in [-0.4, -0.2) is 61.4 Å². The normalized spacial score (nSPS) is 15.1. The van der Waals surface area contributed by atoms with Gasteiger partial charge < -0.3 is 18.8 Å². The van der Waals surface area contributed by atoms with Gasteiger partial charge in [0.25, 0.3) is 11.8 Å². The van der Waals surface area contributed by atoms with Crippen molar-refractivity contribution in [3.63, 3.8) is 0 Å². The first-order valence-corrected chi connectivity index (χ1v) is 11.5. The van der Waals surface area contributed by atoms with E-state index in [2.05, 4.69) is 5.10 Å². The van der Waals surface area contributed by atoms with Crippen LogP contribution >= 0.6 is 11.6 Å². The summed E-state index contributed by atoms with van der Waals surface area (Å²) in [5, 5.41) is 6.75. The van der Waals surface area contributed by atoms with Gasteiger partial charge in [-0.25, -0.2) is 5.01 Å². The second-order valence-electron chi connectivity index (χ2n) is 7.99. The zero-order valence-corrected chi connectivity index (χ0v) is 20.3. The zero-order valence-electron chi connectivity index (χ0n) is 19.5. The van der Waals surface area contributed by atoms with Crippen molar-refractivity contribution in [3.8, 4) is 5.75 Å². The quantitative estimate of drug-likeness (QED) is 0.439. The molecule has 0 N–H and O–H groups in total. The number of hydrogen-bond donors (Lipinski definition) is 0. The van der Waals surface area contributed by atoms with Gasteiger partial charge in [0.1, 0.15) is 12.3 Å². The predicted molar refractivity (Wildman–Crippen MR) is 132 cm³/mol. The minimum absolute atomic E-state index is 0.158. The lowest BCUT2D eigenvalue weighted by molar-refractivity contribution is -0.133. The number of ether oxygens (including phenoxy) is 2. The molecule has 2 heterocycles. The molecule has 1 aliphatic heterocycles. The third-order valence-corrected chi connectivity index (χ3v) is 5.99. The second kappa shape index (κ2) is 11.2. The Balaban J connectivity index is 1.63. The summed E-state index contributed by atoms with van der Waals surface area (Å²) in [6, 6.07) is 17.7. The summed E-state index contributed by atoms with van der Waals surface area (Å²) in [7, 11) is 3.14. The maximum Gasteiger partial charge on any atom is 0.290 e. The van der Waals surface area contributed by atoms with Crippen LogP contribution in [0.5, 0.6) is 5.75 Å². The molecule has 2 amide bonds. The Morgan fingerprint density at radius 1 is 1.14 bits per heavy atom. The first-order valence-electron chi connectivity index (χ1n) is 11.1. The molecule has 0 aliphatic carbocycles. The van der Waals surface area contributed by atoms with Crippen molar-refractivity contribution in [2.24, 2.45) is 5.10 Å². The summed E-state index contributed by atoms with van der Waals surface area (Å²) in [6.07, 6.45) is 1.93. The molecule has 2 aromatic carbocycles. The molecule has 4 rings (SSSR count). The number of nitrogens with zero attached hydrogens (tertiary/aromatic N) is 3. The summed E-state index contributed by atoms with van der Waals surface area (Å²) in [5.41, 5.74) is 2.50. The van der Waals surface area contributed by atoms with Crippen molar-refractivity contribution in [2.75, 3.05) is 33.9 Å². The van der Waals surface area contributed by atoms with Gasteiger partial charge in [-0.15, -0.1) is 0 Å². The van der Waals surface area contributed by atoms with E-state index in [1.54, 1.807) is 38.5 Å². The van der Waals surface area contributed by atoms with Crippen LogP contribution in [0.1, 0.15) is 34.1 Å². The topological polar surface area (TPSA) is 84.6 Å². The number of hydrogen-bond acceptors (Lipinski definition) is 6.